The molecule has 2 aliphatic rings. The Kier molecular flexibility index (Phi) is 3.32. The van der Waals surface area contributed by atoms with Crippen molar-refractivity contribution in [2.45, 2.75) is 45.0 Å². The van der Waals surface area contributed by atoms with Gasteiger partial charge in [-0.05, 0) is 13.3 Å². The molecule has 0 saturated carbocycles. The maximum absolute atomic E-state index is 12.1. The standard InChI is InChI=1S/C13H18N4O4/c1-8-6-17-11(7-16(8)13(20)21)10(5-14-17)15-3-2-9(18)4-12(15)19/h5,8-9,18H,2-4,6-7H2,1H3,(H,20,21)/t8-,9?/m0/s1. The van der Waals surface area contributed by atoms with E-state index < -0.39 is 12.2 Å². The second-order valence-corrected chi connectivity index (χ2v) is 5.61. The first-order valence-electron chi connectivity index (χ1n) is 7.00. The molecule has 2 N–H and O–H groups in total. The number of carboxylic acid groups (broad SMARTS) is 1. The number of fused-ring (bicyclic) bond motifs is 1. The van der Waals surface area contributed by atoms with E-state index in [0.29, 0.717) is 25.2 Å². The molecular weight excluding hydrogens is 276 g/mol. The SMILES string of the molecule is C[C@H]1Cn2ncc(N3CCC(O)CC3=O)c2CN1C(=O)O. The molecule has 1 aromatic rings. The van der Waals surface area contributed by atoms with Crippen molar-refractivity contribution in [1.29, 1.82) is 0 Å². The van der Waals surface area contributed by atoms with Crippen molar-refractivity contribution in [1.82, 2.24) is 14.7 Å². The molecule has 1 unspecified atom stereocenters. The van der Waals surface area contributed by atoms with Gasteiger partial charge in [0, 0.05) is 6.54 Å². The van der Waals surface area contributed by atoms with Gasteiger partial charge in [-0.25, -0.2) is 4.79 Å². The number of hydrogen-bond acceptors (Lipinski definition) is 4. The summed E-state index contributed by atoms with van der Waals surface area (Å²) in [6.07, 6.45) is 0.680. The van der Waals surface area contributed by atoms with Gasteiger partial charge in [0.2, 0.25) is 5.91 Å². The smallest absolute Gasteiger partial charge is 0.407 e. The minimum Gasteiger partial charge on any atom is -0.465 e. The molecule has 21 heavy (non-hydrogen) atoms. The highest BCUT2D eigenvalue weighted by molar-refractivity contribution is 5.94. The number of carbonyl (C=O) groups is 2. The molecule has 0 aliphatic carbocycles. The normalized spacial score (nSPS) is 25.9. The molecule has 1 saturated heterocycles. The molecule has 8 heteroatoms. The van der Waals surface area contributed by atoms with E-state index in [2.05, 4.69) is 5.10 Å². The van der Waals surface area contributed by atoms with Crippen LogP contribution in [0.2, 0.25) is 0 Å². The van der Waals surface area contributed by atoms with Crippen LogP contribution in [0.4, 0.5) is 10.5 Å². The number of hydrogen-bond donors (Lipinski definition) is 2. The van der Waals surface area contributed by atoms with Crippen LogP contribution < -0.4 is 4.90 Å². The van der Waals surface area contributed by atoms with Gasteiger partial charge in [-0.1, -0.05) is 0 Å². The molecular formula is C13H18N4O4. The van der Waals surface area contributed by atoms with Gasteiger partial charge in [-0.3, -0.25) is 14.4 Å². The van der Waals surface area contributed by atoms with E-state index >= 15 is 0 Å². The van der Waals surface area contributed by atoms with Gasteiger partial charge in [-0.2, -0.15) is 5.10 Å². The molecule has 8 nitrogen and oxygen atoms in total. The predicted octanol–water partition coefficient (Wildman–Crippen LogP) is 0.253. The number of piperidine rings is 1. The molecule has 2 amide bonds. The Labute approximate surface area is 121 Å². The Balaban J connectivity index is 1.90. The lowest BCUT2D eigenvalue weighted by atomic mass is 10.1. The maximum Gasteiger partial charge on any atom is 0.407 e. The van der Waals surface area contributed by atoms with E-state index in [1.807, 2.05) is 6.92 Å². The van der Waals surface area contributed by atoms with Crippen molar-refractivity contribution in [2.75, 3.05) is 11.4 Å². The predicted molar refractivity (Wildman–Crippen MR) is 72.9 cm³/mol. The largest absolute Gasteiger partial charge is 0.465 e. The van der Waals surface area contributed by atoms with Crippen LogP contribution in [0.3, 0.4) is 0 Å². The lowest BCUT2D eigenvalue weighted by Crippen LogP contribution is -2.46. The van der Waals surface area contributed by atoms with Gasteiger partial charge < -0.3 is 15.1 Å². The fourth-order valence-electron chi connectivity index (χ4n) is 2.94. The molecule has 0 spiro atoms. The number of anilines is 1. The molecule has 3 rings (SSSR count). The third-order valence-corrected chi connectivity index (χ3v) is 4.15. The van der Waals surface area contributed by atoms with Gasteiger partial charge in [-0.15, -0.1) is 0 Å². The number of amides is 2. The summed E-state index contributed by atoms with van der Waals surface area (Å²) in [6.45, 7) is 2.96. The second kappa shape index (κ2) is 5.03. The van der Waals surface area contributed by atoms with Crippen LogP contribution >= 0.6 is 0 Å². The first-order valence-corrected chi connectivity index (χ1v) is 7.00. The molecule has 2 aliphatic heterocycles. The summed E-state index contributed by atoms with van der Waals surface area (Å²) in [5, 5.41) is 23.0. The summed E-state index contributed by atoms with van der Waals surface area (Å²) >= 11 is 0. The monoisotopic (exact) mass is 294 g/mol. The van der Waals surface area contributed by atoms with Crippen LogP contribution in [-0.4, -0.2) is 55.6 Å². The van der Waals surface area contributed by atoms with Gasteiger partial charge in [0.25, 0.3) is 0 Å². The highest BCUT2D eigenvalue weighted by Gasteiger charge is 2.33. The van der Waals surface area contributed by atoms with Crippen molar-refractivity contribution in [3.63, 3.8) is 0 Å². The van der Waals surface area contributed by atoms with Crippen molar-refractivity contribution < 1.29 is 19.8 Å². The number of carbonyl (C=O) groups excluding carboxylic acids is 1. The van der Waals surface area contributed by atoms with Gasteiger partial charge in [0.15, 0.2) is 0 Å². The van der Waals surface area contributed by atoms with E-state index in [1.54, 1.807) is 15.8 Å². The Hall–Kier alpha value is -2.09. The summed E-state index contributed by atoms with van der Waals surface area (Å²) in [6, 6.07) is -0.151. The Bertz CT molecular complexity index is 585. The van der Waals surface area contributed by atoms with Gasteiger partial charge in [0.05, 0.1) is 49.2 Å². The third kappa shape index (κ3) is 2.35. The van der Waals surface area contributed by atoms with Crippen LogP contribution in [0, 0.1) is 0 Å². The molecule has 0 radical (unpaired) electrons. The lowest BCUT2D eigenvalue weighted by molar-refractivity contribution is -0.122. The fourth-order valence-corrected chi connectivity index (χ4v) is 2.94. The van der Waals surface area contributed by atoms with Crippen molar-refractivity contribution in [3.8, 4) is 0 Å². The molecule has 1 aromatic heterocycles. The Morgan fingerprint density at radius 3 is 2.90 bits per heavy atom. The minimum atomic E-state index is -0.971. The Morgan fingerprint density at radius 2 is 2.24 bits per heavy atom. The van der Waals surface area contributed by atoms with E-state index in [0.717, 1.165) is 5.69 Å². The fraction of sp³-hybridized carbons (Fsp3) is 0.615. The molecule has 0 bridgehead atoms. The highest BCUT2D eigenvalue weighted by Crippen LogP contribution is 2.29. The van der Waals surface area contributed by atoms with Crippen LogP contribution in [0.15, 0.2) is 6.20 Å². The molecule has 2 atom stereocenters. The summed E-state index contributed by atoms with van der Waals surface area (Å²) < 4.78 is 1.76. The van der Waals surface area contributed by atoms with Crippen LogP contribution in [-0.2, 0) is 17.9 Å². The summed E-state index contributed by atoms with van der Waals surface area (Å²) in [7, 11) is 0. The van der Waals surface area contributed by atoms with Crippen molar-refractivity contribution >= 4 is 17.7 Å². The van der Waals surface area contributed by atoms with Gasteiger partial charge >= 0.3 is 6.09 Å². The highest BCUT2D eigenvalue weighted by atomic mass is 16.4. The number of rotatable bonds is 1. The third-order valence-electron chi connectivity index (χ3n) is 4.15. The van der Waals surface area contributed by atoms with Crippen LogP contribution in [0.25, 0.3) is 0 Å². The molecule has 114 valence electrons. The number of aromatic nitrogens is 2. The van der Waals surface area contributed by atoms with E-state index in [4.69, 9.17) is 0 Å². The number of nitrogens with zero attached hydrogens (tertiary/aromatic N) is 4. The zero-order valence-corrected chi connectivity index (χ0v) is 11.8. The maximum atomic E-state index is 12.1. The zero-order valence-electron chi connectivity index (χ0n) is 11.8. The molecule has 3 heterocycles. The molecule has 0 aromatic carbocycles. The zero-order chi connectivity index (χ0) is 15.1. The van der Waals surface area contributed by atoms with E-state index in [1.165, 1.54) is 4.90 Å². The van der Waals surface area contributed by atoms with E-state index in [-0.39, 0.29) is 24.9 Å². The average molecular weight is 294 g/mol. The summed E-state index contributed by atoms with van der Waals surface area (Å²) in [5.74, 6) is -0.148. The van der Waals surface area contributed by atoms with Crippen molar-refractivity contribution in [3.05, 3.63) is 11.9 Å². The minimum absolute atomic E-state index is 0.101. The first-order chi connectivity index (χ1) is 9.97. The van der Waals surface area contributed by atoms with Crippen LogP contribution in [0.5, 0.6) is 0 Å². The number of aliphatic hydroxyl groups is 1. The first kappa shape index (κ1) is 13.9. The van der Waals surface area contributed by atoms with Crippen LogP contribution in [0.1, 0.15) is 25.5 Å². The topological polar surface area (TPSA) is 98.9 Å². The lowest BCUT2D eigenvalue weighted by Gasteiger charge is -2.34. The summed E-state index contributed by atoms with van der Waals surface area (Å²) in [4.78, 5) is 26.3. The summed E-state index contributed by atoms with van der Waals surface area (Å²) in [5.41, 5.74) is 1.39. The second-order valence-electron chi connectivity index (χ2n) is 5.61. The van der Waals surface area contributed by atoms with E-state index in [9.17, 15) is 19.8 Å². The van der Waals surface area contributed by atoms with Gasteiger partial charge in [0.1, 0.15) is 0 Å². The van der Waals surface area contributed by atoms with Crippen molar-refractivity contribution in [2.24, 2.45) is 0 Å². The quantitative estimate of drug-likeness (QED) is 0.773. The number of aliphatic hydroxyl groups excluding tert-OH is 1. The Morgan fingerprint density at radius 1 is 1.48 bits per heavy atom. The molecule has 1 fully saturated rings. The average Bonchev–Trinajstić information content (AvgIpc) is 2.80.